The van der Waals surface area contributed by atoms with Crippen LogP contribution in [0, 0.1) is 5.41 Å². The van der Waals surface area contributed by atoms with Crippen molar-refractivity contribution in [2.75, 3.05) is 0 Å². The Hall–Kier alpha value is -1.88. The van der Waals surface area contributed by atoms with Crippen LogP contribution < -0.4 is 0 Å². The zero-order valence-electron chi connectivity index (χ0n) is 17.5. The van der Waals surface area contributed by atoms with Gasteiger partial charge in [0.15, 0.2) is 0 Å². The first-order valence-corrected chi connectivity index (χ1v) is 10.3. The molecule has 0 bridgehead atoms. The molecular formula is C23H33NO4. The molecule has 2 aliphatic rings. The SMILES string of the molecule is CC1(C[C@@H](O)[C@@H]2Cc3ccccc3CN2C(=O)OC(C)(C)C)CCCC(=O)C1. The van der Waals surface area contributed by atoms with Crippen LogP contribution in [0.1, 0.15) is 70.9 Å². The van der Waals surface area contributed by atoms with Gasteiger partial charge in [-0.3, -0.25) is 9.69 Å². The van der Waals surface area contributed by atoms with Crippen molar-refractivity contribution in [2.45, 2.75) is 90.5 Å². The number of aliphatic hydroxyl groups is 1. The van der Waals surface area contributed by atoms with Crippen molar-refractivity contribution < 1.29 is 19.4 Å². The molecule has 1 aromatic carbocycles. The summed E-state index contributed by atoms with van der Waals surface area (Å²) in [6.07, 6.45) is 3.00. The lowest BCUT2D eigenvalue weighted by Gasteiger charge is -2.43. The van der Waals surface area contributed by atoms with E-state index in [0.29, 0.717) is 32.2 Å². The van der Waals surface area contributed by atoms with Gasteiger partial charge in [-0.15, -0.1) is 0 Å². The number of carbonyl (C=O) groups is 2. The minimum absolute atomic E-state index is 0.203. The van der Waals surface area contributed by atoms with E-state index in [0.717, 1.165) is 24.0 Å². The number of ketones is 1. The summed E-state index contributed by atoms with van der Waals surface area (Å²) in [7, 11) is 0. The maximum atomic E-state index is 12.9. The van der Waals surface area contributed by atoms with Gasteiger partial charge in [0.1, 0.15) is 11.4 Å². The lowest BCUT2D eigenvalue weighted by molar-refractivity contribution is -0.124. The number of aliphatic hydroxyl groups excluding tert-OH is 1. The predicted molar refractivity (Wildman–Crippen MR) is 108 cm³/mol. The molecule has 0 saturated heterocycles. The first kappa shape index (κ1) is 20.8. The summed E-state index contributed by atoms with van der Waals surface area (Å²) < 4.78 is 5.63. The minimum atomic E-state index is -0.697. The largest absolute Gasteiger partial charge is 0.444 e. The standard InChI is InChI=1S/C23H33NO4/c1-22(2,3)28-21(27)24-15-17-9-6-5-8-16(17)12-19(24)20(26)14-23(4)11-7-10-18(25)13-23/h5-6,8-9,19-20,26H,7,10-15H2,1-4H3/t19-,20+,23?/m0/s1. The van der Waals surface area contributed by atoms with Crippen LogP contribution in [0.5, 0.6) is 0 Å². The molecular weight excluding hydrogens is 354 g/mol. The fraction of sp³-hybridized carbons (Fsp3) is 0.652. The van der Waals surface area contributed by atoms with Crippen LogP contribution in [0.2, 0.25) is 0 Å². The Morgan fingerprint density at radius 1 is 1.32 bits per heavy atom. The second-order valence-corrected chi connectivity index (χ2v) is 9.80. The third kappa shape index (κ3) is 4.93. The van der Waals surface area contributed by atoms with Gasteiger partial charge in [-0.1, -0.05) is 31.2 Å². The van der Waals surface area contributed by atoms with Crippen LogP contribution >= 0.6 is 0 Å². The first-order valence-electron chi connectivity index (χ1n) is 10.3. The molecule has 1 fully saturated rings. The minimum Gasteiger partial charge on any atom is -0.444 e. The molecule has 0 radical (unpaired) electrons. The van der Waals surface area contributed by atoms with Crippen LogP contribution in [0.4, 0.5) is 4.79 Å². The van der Waals surface area contributed by atoms with E-state index in [9.17, 15) is 14.7 Å². The molecule has 1 unspecified atom stereocenters. The molecule has 28 heavy (non-hydrogen) atoms. The molecule has 1 N–H and O–H groups in total. The lowest BCUT2D eigenvalue weighted by Crippen LogP contribution is -2.53. The number of hydrogen-bond donors (Lipinski definition) is 1. The van der Waals surface area contributed by atoms with Gasteiger partial charge in [0.2, 0.25) is 0 Å². The van der Waals surface area contributed by atoms with Gasteiger partial charge in [-0.05, 0) is 63.0 Å². The van der Waals surface area contributed by atoms with E-state index < -0.39 is 17.8 Å². The van der Waals surface area contributed by atoms with Gasteiger partial charge in [0.05, 0.1) is 12.1 Å². The number of nitrogens with zero attached hydrogens (tertiary/aromatic N) is 1. The molecule has 1 aliphatic carbocycles. The van der Waals surface area contributed by atoms with E-state index in [1.54, 1.807) is 4.90 Å². The number of amides is 1. The van der Waals surface area contributed by atoms with Crippen LogP contribution in [-0.2, 0) is 22.5 Å². The number of carbonyl (C=O) groups excluding carboxylic acids is 2. The monoisotopic (exact) mass is 387 g/mol. The predicted octanol–water partition coefficient (Wildman–Crippen LogP) is 4.25. The maximum Gasteiger partial charge on any atom is 0.410 e. The fourth-order valence-electron chi connectivity index (χ4n) is 4.59. The van der Waals surface area contributed by atoms with Crippen molar-refractivity contribution in [3.05, 3.63) is 35.4 Å². The third-order valence-electron chi connectivity index (χ3n) is 5.92. The fourth-order valence-corrected chi connectivity index (χ4v) is 4.59. The summed E-state index contributed by atoms with van der Waals surface area (Å²) in [5, 5.41) is 11.2. The molecule has 1 saturated carbocycles. The molecule has 0 spiro atoms. The van der Waals surface area contributed by atoms with Crippen molar-refractivity contribution >= 4 is 11.9 Å². The summed E-state index contributed by atoms with van der Waals surface area (Å²) >= 11 is 0. The Balaban J connectivity index is 1.82. The number of rotatable bonds is 3. The molecule has 3 rings (SSSR count). The quantitative estimate of drug-likeness (QED) is 0.842. The molecule has 3 atom stereocenters. The van der Waals surface area contributed by atoms with Gasteiger partial charge in [0, 0.05) is 19.4 Å². The van der Waals surface area contributed by atoms with E-state index >= 15 is 0 Å². The number of hydrogen-bond acceptors (Lipinski definition) is 4. The average Bonchev–Trinajstić information content (AvgIpc) is 2.58. The van der Waals surface area contributed by atoms with Crippen molar-refractivity contribution in [3.8, 4) is 0 Å². The van der Waals surface area contributed by atoms with Crippen molar-refractivity contribution in [2.24, 2.45) is 5.41 Å². The Bertz CT molecular complexity index is 738. The smallest absolute Gasteiger partial charge is 0.410 e. The topological polar surface area (TPSA) is 66.8 Å². The van der Waals surface area contributed by atoms with E-state index in [-0.39, 0.29) is 17.2 Å². The number of benzene rings is 1. The number of Topliss-reactive ketones (excluding diaryl/α,β-unsaturated/α-hetero) is 1. The molecule has 1 heterocycles. The summed E-state index contributed by atoms with van der Waals surface area (Å²) in [4.78, 5) is 26.5. The molecule has 154 valence electrons. The normalized spacial score (nSPS) is 26.5. The van der Waals surface area contributed by atoms with Gasteiger partial charge in [0.25, 0.3) is 0 Å². The third-order valence-corrected chi connectivity index (χ3v) is 5.92. The van der Waals surface area contributed by atoms with Crippen LogP contribution in [0.3, 0.4) is 0 Å². The van der Waals surface area contributed by atoms with E-state index in [1.165, 1.54) is 0 Å². The molecule has 0 aromatic heterocycles. The number of fused-ring (bicyclic) bond motifs is 1. The van der Waals surface area contributed by atoms with Gasteiger partial charge >= 0.3 is 6.09 Å². The second-order valence-electron chi connectivity index (χ2n) is 9.80. The molecule has 1 aliphatic heterocycles. The summed E-state index contributed by atoms with van der Waals surface area (Å²) in [5.74, 6) is 0.277. The lowest BCUT2D eigenvalue weighted by atomic mass is 9.70. The Morgan fingerprint density at radius 3 is 2.64 bits per heavy atom. The molecule has 1 aromatic rings. The summed E-state index contributed by atoms with van der Waals surface area (Å²) in [5.41, 5.74) is 1.46. The van der Waals surface area contributed by atoms with E-state index in [1.807, 2.05) is 39.0 Å². The Morgan fingerprint density at radius 2 is 2.00 bits per heavy atom. The summed E-state index contributed by atoms with van der Waals surface area (Å²) in [6, 6.07) is 7.70. The highest BCUT2D eigenvalue weighted by Gasteiger charge is 2.41. The maximum absolute atomic E-state index is 12.9. The van der Waals surface area contributed by atoms with E-state index in [4.69, 9.17) is 4.74 Å². The van der Waals surface area contributed by atoms with E-state index in [2.05, 4.69) is 13.0 Å². The Kier molecular flexibility index (Phi) is 5.85. The van der Waals surface area contributed by atoms with Crippen LogP contribution in [-0.4, -0.2) is 39.6 Å². The average molecular weight is 388 g/mol. The highest BCUT2D eigenvalue weighted by molar-refractivity contribution is 5.79. The van der Waals surface area contributed by atoms with Crippen LogP contribution in [0.25, 0.3) is 0 Å². The van der Waals surface area contributed by atoms with Gasteiger partial charge < -0.3 is 9.84 Å². The van der Waals surface area contributed by atoms with Crippen molar-refractivity contribution in [1.29, 1.82) is 0 Å². The highest BCUT2D eigenvalue weighted by Crippen LogP contribution is 2.40. The van der Waals surface area contributed by atoms with Crippen LogP contribution in [0.15, 0.2) is 24.3 Å². The molecule has 5 nitrogen and oxygen atoms in total. The van der Waals surface area contributed by atoms with Gasteiger partial charge in [-0.25, -0.2) is 4.79 Å². The van der Waals surface area contributed by atoms with Crippen molar-refractivity contribution in [1.82, 2.24) is 4.90 Å². The Labute approximate surface area is 168 Å². The molecule has 5 heteroatoms. The second kappa shape index (κ2) is 7.86. The highest BCUT2D eigenvalue weighted by atomic mass is 16.6. The zero-order chi connectivity index (χ0) is 20.5. The van der Waals surface area contributed by atoms with Crippen molar-refractivity contribution in [3.63, 3.8) is 0 Å². The first-order chi connectivity index (χ1) is 13.1. The summed E-state index contributed by atoms with van der Waals surface area (Å²) in [6.45, 7) is 8.07. The number of ether oxygens (including phenoxy) is 1. The zero-order valence-corrected chi connectivity index (χ0v) is 17.5. The molecule has 1 amide bonds. The van der Waals surface area contributed by atoms with Gasteiger partial charge in [-0.2, -0.15) is 0 Å².